The summed E-state index contributed by atoms with van der Waals surface area (Å²) in [6.45, 7) is 4.42. The summed E-state index contributed by atoms with van der Waals surface area (Å²) in [4.78, 5) is 15.4. The molecule has 1 fully saturated rings. The number of aromatic nitrogens is 1. The molecule has 1 aliphatic heterocycles. The third-order valence-corrected chi connectivity index (χ3v) is 4.27. The lowest BCUT2D eigenvalue weighted by Crippen LogP contribution is -2.39. The van der Waals surface area contributed by atoms with Gasteiger partial charge in [0, 0.05) is 36.3 Å². The smallest absolute Gasteiger partial charge is 0.267 e. The van der Waals surface area contributed by atoms with Crippen LogP contribution in [0.1, 0.15) is 30.3 Å². The van der Waals surface area contributed by atoms with E-state index in [1.807, 2.05) is 24.3 Å². The van der Waals surface area contributed by atoms with Crippen molar-refractivity contribution in [2.45, 2.75) is 19.8 Å². The number of nitrogen functional groups attached to an aromatic ring is 1. The number of amides is 1. The van der Waals surface area contributed by atoms with Crippen molar-refractivity contribution < 1.29 is 9.53 Å². The lowest BCUT2D eigenvalue weighted by molar-refractivity contribution is 0.0238. The van der Waals surface area contributed by atoms with Crippen LogP contribution in [0.5, 0.6) is 0 Å². The number of fused-ring (bicyclic) bond motifs is 1. The summed E-state index contributed by atoms with van der Waals surface area (Å²) in [7, 11) is 0. The zero-order valence-electron chi connectivity index (χ0n) is 12.2. The van der Waals surface area contributed by atoms with Gasteiger partial charge in [-0.15, -0.1) is 0 Å². The SMILES string of the molecule is CC1(CNC(=O)c2cc3cc(N)ccc3[nH]2)CCOCC1. The Kier molecular flexibility index (Phi) is 3.59. The lowest BCUT2D eigenvalue weighted by Gasteiger charge is -2.33. The van der Waals surface area contributed by atoms with E-state index in [1.165, 1.54) is 0 Å². The average molecular weight is 287 g/mol. The van der Waals surface area contributed by atoms with Crippen molar-refractivity contribution in [2.75, 3.05) is 25.5 Å². The van der Waals surface area contributed by atoms with E-state index in [4.69, 9.17) is 10.5 Å². The Balaban J connectivity index is 1.69. The van der Waals surface area contributed by atoms with E-state index in [9.17, 15) is 4.79 Å². The number of hydrogen-bond acceptors (Lipinski definition) is 3. The molecule has 0 radical (unpaired) electrons. The first kappa shape index (κ1) is 13.9. The van der Waals surface area contributed by atoms with E-state index in [-0.39, 0.29) is 11.3 Å². The fourth-order valence-corrected chi connectivity index (χ4v) is 2.70. The Hall–Kier alpha value is -2.01. The second kappa shape index (κ2) is 5.41. The van der Waals surface area contributed by atoms with Gasteiger partial charge in [-0.05, 0) is 42.5 Å². The van der Waals surface area contributed by atoms with Gasteiger partial charge in [-0.1, -0.05) is 6.92 Å². The molecule has 0 unspecified atom stereocenters. The molecule has 112 valence electrons. The number of aromatic amines is 1. The van der Waals surface area contributed by atoms with Crippen LogP contribution in [0.2, 0.25) is 0 Å². The van der Waals surface area contributed by atoms with E-state index in [2.05, 4.69) is 17.2 Å². The van der Waals surface area contributed by atoms with E-state index in [0.29, 0.717) is 17.9 Å². The van der Waals surface area contributed by atoms with Crippen molar-refractivity contribution >= 4 is 22.5 Å². The van der Waals surface area contributed by atoms with Crippen molar-refractivity contribution in [3.63, 3.8) is 0 Å². The first-order chi connectivity index (χ1) is 10.1. The Labute approximate surface area is 123 Å². The van der Waals surface area contributed by atoms with Crippen LogP contribution < -0.4 is 11.1 Å². The van der Waals surface area contributed by atoms with Gasteiger partial charge < -0.3 is 20.8 Å². The number of hydrogen-bond donors (Lipinski definition) is 3. The van der Waals surface area contributed by atoms with Crippen LogP contribution in [-0.2, 0) is 4.74 Å². The minimum Gasteiger partial charge on any atom is -0.399 e. The van der Waals surface area contributed by atoms with Gasteiger partial charge in [0.25, 0.3) is 5.91 Å². The second-order valence-corrected chi connectivity index (χ2v) is 6.14. The molecule has 3 rings (SSSR count). The van der Waals surface area contributed by atoms with Crippen molar-refractivity contribution in [1.82, 2.24) is 10.3 Å². The topological polar surface area (TPSA) is 80.1 Å². The summed E-state index contributed by atoms with van der Waals surface area (Å²) < 4.78 is 5.38. The zero-order chi connectivity index (χ0) is 14.9. The molecule has 21 heavy (non-hydrogen) atoms. The first-order valence-corrected chi connectivity index (χ1v) is 7.30. The molecule has 2 aromatic rings. The van der Waals surface area contributed by atoms with Crippen molar-refractivity contribution in [3.05, 3.63) is 30.0 Å². The van der Waals surface area contributed by atoms with Crippen LogP contribution in [0.4, 0.5) is 5.69 Å². The highest BCUT2D eigenvalue weighted by molar-refractivity contribution is 5.98. The van der Waals surface area contributed by atoms with Crippen LogP contribution in [-0.4, -0.2) is 30.6 Å². The number of rotatable bonds is 3. The molecule has 2 heterocycles. The van der Waals surface area contributed by atoms with Crippen LogP contribution in [0.3, 0.4) is 0 Å². The van der Waals surface area contributed by atoms with Crippen molar-refractivity contribution in [2.24, 2.45) is 5.41 Å². The maximum absolute atomic E-state index is 12.3. The molecule has 0 saturated carbocycles. The van der Waals surface area contributed by atoms with Crippen LogP contribution in [0.25, 0.3) is 10.9 Å². The van der Waals surface area contributed by atoms with E-state index >= 15 is 0 Å². The molecule has 1 saturated heterocycles. The average Bonchev–Trinajstić information content (AvgIpc) is 2.88. The minimum absolute atomic E-state index is 0.0718. The van der Waals surface area contributed by atoms with E-state index in [0.717, 1.165) is 37.0 Å². The summed E-state index contributed by atoms with van der Waals surface area (Å²) in [6.07, 6.45) is 1.97. The fraction of sp³-hybridized carbons (Fsp3) is 0.438. The third kappa shape index (κ3) is 3.03. The molecule has 1 aliphatic rings. The van der Waals surface area contributed by atoms with Gasteiger partial charge >= 0.3 is 0 Å². The highest BCUT2D eigenvalue weighted by Gasteiger charge is 2.28. The fourth-order valence-electron chi connectivity index (χ4n) is 2.70. The molecule has 1 aromatic heterocycles. The van der Waals surface area contributed by atoms with Crippen molar-refractivity contribution in [3.8, 4) is 0 Å². The number of H-pyrrole nitrogens is 1. The summed E-state index contributed by atoms with van der Waals surface area (Å²) in [5, 5.41) is 3.98. The molecule has 5 nitrogen and oxygen atoms in total. The number of ether oxygens (including phenoxy) is 1. The van der Waals surface area contributed by atoms with E-state index < -0.39 is 0 Å². The van der Waals surface area contributed by atoms with Gasteiger partial charge in [-0.3, -0.25) is 4.79 Å². The molecule has 0 bridgehead atoms. The van der Waals surface area contributed by atoms with E-state index in [1.54, 1.807) is 0 Å². The number of carbonyl (C=O) groups is 1. The predicted molar refractivity (Wildman–Crippen MR) is 83.2 cm³/mol. The number of carbonyl (C=O) groups excluding carboxylic acids is 1. The largest absolute Gasteiger partial charge is 0.399 e. The number of benzene rings is 1. The molecule has 1 aromatic carbocycles. The van der Waals surface area contributed by atoms with Crippen LogP contribution in [0, 0.1) is 5.41 Å². The summed E-state index contributed by atoms with van der Waals surface area (Å²) in [6, 6.07) is 7.42. The maximum atomic E-state index is 12.3. The van der Waals surface area contributed by atoms with Gasteiger partial charge in [0.15, 0.2) is 0 Å². The Morgan fingerprint density at radius 1 is 1.38 bits per heavy atom. The molecule has 5 heteroatoms. The third-order valence-electron chi connectivity index (χ3n) is 4.27. The molecule has 0 aliphatic carbocycles. The summed E-state index contributed by atoms with van der Waals surface area (Å²) in [5.41, 5.74) is 8.08. The maximum Gasteiger partial charge on any atom is 0.267 e. The van der Waals surface area contributed by atoms with Crippen LogP contribution in [0.15, 0.2) is 24.3 Å². The second-order valence-electron chi connectivity index (χ2n) is 6.14. The molecule has 0 atom stereocenters. The Morgan fingerprint density at radius 3 is 2.90 bits per heavy atom. The molecule has 1 amide bonds. The minimum atomic E-state index is -0.0718. The normalized spacial score (nSPS) is 17.8. The highest BCUT2D eigenvalue weighted by atomic mass is 16.5. The molecular weight excluding hydrogens is 266 g/mol. The molecular formula is C16H21N3O2. The number of nitrogens with two attached hydrogens (primary N) is 1. The zero-order valence-corrected chi connectivity index (χ0v) is 12.2. The van der Waals surface area contributed by atoms with Gasteiger partial charge in [0.05, 0.1) is 0 Å². The quantitative estimate of drug-likeness (QED) is 0.758. The lowest BCUT2D eigenvalue weighted by atomic mass is 9.82. The van der Waals surface area contributed by atoms with Gasteiger partial charge in [0.1, 0.15) is 5.69 Å². The predicted octanol–water partition coefficient (Wildman–Crippen LogP) is 2.30. The van der Waals surface area contributed by atoms with Gasteiger partial charge in [-0.25, -0.2) is 0 Å². The summed E-state index contributed by atoms with van der Waals surface area (Å²) >= 11 is 0. The van der Waals surface area contributed by atoms with Gasteiger partial charge in [-0.2, -0.15) is 0 Å². The Bertz CT molecular complexity index is 657. The monoisotopic (exact) mass is 287 g/mol. The first-order valence-electron chi connectivity index (χ1n) is 7.30. The standard InChI is InChI=1S/C16H21N3O2/c1-16(4-6-21-7-5-16)10-18-15(20)14-9-11-8-12(17)2-3-13(11)19-14/h2-3,8-9,19H,4-7,10,17H2,1H3,(H,18,20). The molecule has 4 N–H and O–H groups in total. The number of anilines is 1. The summed E-state index contributed by atoms with van der Waals surface area (Å²) in [5.74, 6) is -0.0718. The Morgan fingerprint density at radius 2 is 2.14 bits per heavy atom. The number of nitrogens with one attached hydrogen (secondary N) is 2. The highest BCUT2D eigenvalue weighted by Crippen LogP contribution is 2.28. The van der Waals surface area contributed by atoms with Crippen LogP contribution >= 0.6 is 0 Å². The molecule has 0 spiro atoms. The van der Waals surface area contributed by atoms with Gasteiger partial charge in [0.2, 0.25) is 0 Å². The van der Waals surface area contributed by atoms with Crippen molar-refractivity contribution in [1.29, 1.82) is 0 Å².